The van der Waals surface area contributed by atoms with Crippen molar-refractivity contribution >= 4 is 29.3 Å². The monoisotopic (exact) mass is 372 g/mol. The first-order chi connectivity index (χ1) is 12.1. The SMILES string of the molecule is Cc1ccc(-c2nc(SCC(=O)NCc3cccc(Cl)c3)n[nH]2)cc1. The van der Waals surface area contributed by atoms with Crippen molar-refractivity contribution in [2.75, 3.05) is 5.75 Å². The number of carbonyl (C=O) groups excluding carboxylic acids is 1. The third-order valence-electron chi connectivity index (χ3n) is 3.50. The van der Waals surface area contributed by atoms with Crippen LogP contribution in [0.15, 0.2) is 53.7 Å². The van der Waals surface area contributed by atoms with Crippen molar-refractivity contribution in [3.63, 3.8) is 0 Å². The number of hydrogen-bond acceptors (Lipinski definition) is 4. The van der Waals surface area contributed by atoms with E-state index >= 15 is 0 Å². The van der Waals surface area contributed by atoms with Gasteiger partial charge in [-0.25, -0.2) is 4.98 Å². The molecule has 0 spiro atoms. The van der Waals surface area contributed by atoms with E-state index in [1.54, 1.807) is 6.07 Å². The number of hydrogen-bond donors (Lipinski definition) is 2. The maximum Gasteiger partial charge on any atom is 0.230 e. The molecule has 0 unspecified atom stereocenters. The molecule has 1 heterocycles. The van der Waals surface area contributed by atoms with E-state index in [0.717, 1.165) is 11.1 Å². The lowest BCUT2D eigenvalue weighted by Gasteiger charge is -2.04. The first-order valence-electron chi connectivity index (χ1n) is 7.73. The molecular weight excluding hydrogens is 356 g/mol. The number of carbonyl (C=O) groups is 1. The molecule has 0 aliphatic carbocycles. The molecule has 7 heteroatoms. The van der Waals surface area contributed by atoms with Crippen LogP contribution in [0.5, 0.6) is 0 Å². The highest BCUT2D eigenvalue weighted by Gasteiger charge is 2.09. The molecule has 1 aromatic heterocycles. The Labute approximate surface area is 155 Å². The zero-order valence-electron chi connectivity index (χ0n) is 13.6. The molecule has 2 aromatic carbocycles. The van der Waals surface area contributed by atoms with E-state index in [1.807, 2.05) is 49.4 Å². The summed E-state index contributed by atoms with van der Waals surface area (Å²) in [4.78, 5) is 16.4. The molecule has 0 saturated carbocycles. The molecule has 0 radical (unpaired) electrons. The van der Waals surface area contributed by atoms with Crippen molar-refractivity contribution in [3.05, 3.63) is 64.7 Å². The van der Waals surface area contributed by atoms with Gasteiger partial charge in [0.15, 0.2) is 5.82 Å². The van der Waals surface area contributed by atoms with Gasteiger partial charge in [0.05, 0.1) is 5.75 Å². The zero-order valence-corrected chi connectivity index (χ0v) is 15.2. The van der Waals surface area contributed by atoms with Gasteiger partial charge in [-0.15, -0.1) is 5.10 Å². The van der Waals surface area contributed by atoms with Crippen molar-refractivity contribution in [1.29, 1.82) is 0 Å². The summed E-state index contributed by atoms with van der Waals surface area (Å²) in [6, 6.07) is 15.4. The Morgan fingerprint density at radius 2 is 2.04 bits per heavy atom. The molecule has 1 amide bonds. The minimum Gasteiger partial charge on any atom is -0.351 e. The van der Waals surface area contributed by atoms with Gasteiger partial charge >= 0.3 is 0 Å². The minimum atomic E-state index is -0.0772. The Morgan fingerprint density at radius 1 is 1.24 bits per heavy atom. The molecule has 0 saturated heterocycles. The Morgan fingerprint density at radius 3 is 2.80 bits per heavy atom. The van der Waals surface area contributed by atoms with Crippen LogP contribution in [0.1, 0.15) is 11.1 Å². The van der Waals surface area contributed by atoms with E-state index in [-0.39, 0.29) is 11.7 Å². The lowest BCUT2D eigenvalue weighted by Crippen LogP contribution is -2.24. The molecule has 0 fully saturated rings. The largest absolute Gasteiger partial charge is 0.351 e. The van der Waals surface area contributed by atoms with Gasteiger partial charge < -0.3 is 5.32 Å². The number of thioether (sulfide) groups is 1. The number of aromatic nitrogens is 3. The quantitative estimate of drug-likeness (QED) is 0.645. The molecule has 0 aliphatic rings. The third kappa shape index (κ3) is 5.08. The van der Waals surface area contributed by atoms with Crippen molar-refractivity contribution in [3.8, 4) is 11.4 Å². The minimum absolute atomic E-state index is 0.0772. The Kier molecular flexibility index (Phi) is 5.73. The summed E-state index contributed by atoms with van der Waals surface area (Å²) in [6.07, 6.45) is 0. The van der Waals surface area contributed by atoms with E-state index in [2.05, 4.69) is 20.5 Å². The Bertz CT molecular complexity index is 864. The Hall–Kier alpha value is -2.31. The van der Waals surface area contributed by atoms with Crippen LogP contribution in [0, 0.1) is 6.92 Å². The van der Waals surface area contributed by atoms with E-state index in [0.29, 0.717) is 22.5 Å². The van der Waals surface area contributed by atoms with Crippen molar-refractivity contribution in [2.24, 2.45) is 0 Å². The van der Waals surface area contributed by atoms with E-state index in [1.165, 1.54) is 17.3 Å². The summed E-state index contributed by atoms with van der Waals surface area (Å²) in [7, 11) is 0. The smallest absolute Gasteiger partial charge is 0.230 e. The van der Waals surface area contributed by atoms with Crippen LogP contribution in [-0.2, 0) is 11.3 Å². The van der Waals surface area contributed by atoms with Gasteiger partial charge in [0.25, 0.3) is 0 Å². The molecule has 0 atom stereocenters. The standard InChI is InChI=1S/C18H17ClN4OS/c1-12-5-7-14(8-6-12)17-21-18(23-22-17)25-11-16(24)20-10-13-3-2-4-15(19)9-13/h2-9H,10-11H2,1H3,(H,20,24)(H,21,22,23). The number of halogens is 1. The van der Waals surface area contributed by atoms with E-state index in [9.17, 15) is 4.79 Å². The van der Waals surface area contributed by atoms with Gasteiger partial charge in [-0.2, -0.15) is 0 Å². The highest BCUT2D eigenvalue weighted by atomic mass is 35.5. The molecule has 5 nitrogen and oxygen atoms in total. The number of aryl methyl sites for hydroxylation is 1. The number of aromatic amines is 1. The van der Waals surface area contributed by atoms with Crippen LogP contribution < -0.4 is 5.32 Å². The summed E-state index contributed by atoms with van der Waals surface area (Å²) >= 11 is 7.22. The maximum absolute atomic E-state index is 12.0. The van der Waals surface area contributed by atoms with Crippen LogP contribution in [0.25, 0.3) is 11.4 Å². The normalized spacial score (nSPS) is 10.6. The first-order valence-corrected chi connectivity index (χ1v) is 9.10. The van der Waals surface area contributed by atoms with Crippen LogP contribution in [-0.4, -0.2) is 26.8 Å². The van der Waals surface area contributed by atoms with Crippen molar-refractivity contribution in [1.82, 2.24) is 20.5 Å². The second-order valence-electron chi connectivity index (χ2n) is 5.53. The molecule has 25 heavy (non-hydrogen) atoms. The van der Waals surface area contributed by atoms with Crippen LogP contribution in [0.3, 0.4) is 0 Å². The summed E-state index contributed by atoms with van der Waals surface area (Å²) < 4.78 is 0. The number of nitrogens with zero attached hydrogens (tertiary/aromatic N) is 2. The van der Waals surface area contributed by atoms with Crippen molar-refractivity contribution < 1.29 is 4.79 Å². The molecule has 0 aliphatic heterocycles. The predicted molar refractivity (Wildman–Crippen MR) is 101 cm³/mol. The summed E-state index contributed by atoms with van der Waals surface area (Å²) in [5.41, 5.74) is 3.12. The lowest BCUT2D eigenvalue weighted by molar-refractivity contribution is -0.118. The number of H-pyrrole nitrogens is 1. The average Bonchev–Trinajstić information content (AvgIpc) is 3.08. The van der Waals surface area contributed by atoms with Gasteiger partial charge in [-0.3, -0.25) is 9.89 Å². The number of nitrogens with one attached hydrogen (secondary N) is 2. The highest BCUT2D eigenvalue weighted by molar-refractivity contribution is 7.99. The lowest BCUT2D eigenvalue weighted by atomic mass is 10.1. The average molecular weight is 373 g/mol. The predicted octanol–water partition coefficient (Wildman–Crippen LogP) is 3.84. The van der Waals surface area contributed by atoms with Gasteiger partial charge in [0.1, 0.15) is 0 Å². The van der Waals surface area contributed by atoms with E-state index < -0.39 is 0 Å². The molecule has 3 aromatic rings. The molecular formula is C18H17ClN4OS. The fraction of sp³-hybridized carbons (Fsp3) is 0.167. The Balaban J connectivity index is 1.50. The van der Waals surface area contributed by atoms with Gasteiger partial charge in [0.2, 0.25) is 11.1 Å². The molecule has 0 bridgehead atoms. The summed E-state index contributed by atoms with van der Waals surface area (Å²) in [6.45, 7) is 2.48. The summed E-state index contributed by atoms with van der Waals surface area (Å²) in [5.74, 6) is 0.875. The topological polar surface area (TPSA) is 70.7 Å². The molecule has 128 valence electrons. The van der Waals surface area contributed by atoms with Gasteiger partial charge in [-0.1, -0.05) is 65.3 Å². The van der Waals surface area contributed by atoms with Crippen LogP contribution in [0.4, 0.5) is 0 Å². The number of rotatable bonds is 6. The maximum atomic E-state index is 12.0. The molecule has 3 rings (SSSR count). The van der Waals surface area contributed by atoms with Crippen LogP contribution >= 0.6 is 23.4 Å². The van der Waals surface area contributed by atoms with Crippen molar-refractivity contribution in [2.45, 2.75) is 18.6 Å². The fourth-order valence-corrected chi connectivity index (χ4v) is 3.02. The fourth-order valence-electron chi connectivity index (χ4n) is 2.18. The van der Waals surface area contributed by atoms with E-state index in [4.69, 9.17) is 11.6 Å². The van der Waals surface area contributed by atoms with Crippen LogP contribution in [0.2, 0.25) is 5.02 Å². The third-order valence-corrected chi connectivity index (χ3v) is 4.58. The van der Waals surface area contributed by atoms with Gasteiger partial charge in [0, 0.05) is 17.1 Å². The first kappa shape index (κ1) is 17.5. The molecule has 2 N–H and O–H groups in total. The number of benzene rings is 2. The second kappa shape index (κ2) is 8.18. The highest BCUT2D eigenvalue weighted by Crippen LogP contribution is 2.19. The van der Waals surface area contributed by atoms with Gasteiger partial charge in [-0.05, 0) is 24.6 Å². The zero-order chi connectivity index (χ0) is 17.6. The summed E-state index contributed by atoms with van der Waals surface area (Å²) in [5, 5.41) is 11.1. The second-order valence-corrected chi connectivity index (χ2v) is 6.91. The number of amides is 1.